The highest BCUT2D eigenvalue weighted by molar-refractivity contribution is 6.31. The predicted octanol–water partition coefficient (Wildman–Crippen LogP) is 3.08. The minimum atomic E-state index is -0.128. The molecule has 2 N–H and O–H groups in total. The van der Waals surface area contributed by atoms with Gasteiger partial charge in [-0.05, 0) is 38.0 Å². The Hall–Kier alpha value is -2.38. The van der Waals surface area contributed by atoms with Crippen molar-refractivity contribution in [2.45, 2.75) is 26.3 Å². The lowest BCUT2D eigenvalue weighted by Gasteiger charge is -2.31. The van der Waals surface area contributed by atoms with Crippen LogP contribution in [0, 0.1) is 6.92 Å². The van der Waals surface area contributed by atoms with Crippen molar-refractivity contribution in [1.29, 1.82) is 0 Å². The standard InChI is InChI=1S/C20H26ClN5O2/c1-4-25(3)19(27)14-6-7-15(16(21)11-14)17-12-28-9-5-8-26(17)18-10-13(2)23-20(22)24-18/h6-7,10-11,17H,4-5,8-9,12H2,1-3H3,(H2,22,23,24)/t17-/m0/s1. The summed E-state index contributed by atoms with van der Waals surface area (Å²) in [6.07, 6.45) is 0.870. The SMILES string of the molecule is CCN(C)C(=O)c1ccc([C@@H]2COCCCN2c2cc(C)nc(N)n2)c(Cl)c1. The normalized spacial score (nSPS) is 17.3. The third-order valence-electron chi connectivity index (χ3n) is 4.92. The molecule has 0 spiro atoms. The summed E-state index contributed by atoms with van der Waals surface area (Å²) in [5.74, 6) is 0.945. The number of hydrogen-bond donors (Lipinski definition) is 1. The molecule has 7 nitrogen and oxygen atoms in total. The van der Waals surface area contributed by atoms with E-state index < -0.39 is 0 Å². The topological polar surface area (TPSA) is 84.6 Å². The number of anilines is 2. The lowest BCUT2D eigenvalue weighted by Crippen LogP contribution is -2.32. The van der Waals surface area contributed by atoms with Gasteiger partial charge in [0.2, 0.25) is 5.95 Å². The molecule has 150 valence electrons. The molecular formula is C20H26ClN5O2. The zero-order valence-corrected chi connectivity index (χ0v) is 17.2. The number of aryl methyl sites for hydroxylation is 1. The number of nitrogens with two attached hydrogens (primary N) is 1. The van der Waals surface area contributed by atoms with Crippen molar-refractivity contribution in [2.75, 3.05) is 44.0 Å². The van der Waals surface area contributed by atoms with Crippen LogP contribution in [0.3, 0.4) is 0 Å². The van der Waals surface area contributed by atoms with E-state index in [2.05, 4.69) is 14.9 Å². The predicted molar refractivity (Wildman–Crippen MR) is 111 cm³/mol. The lowest BCUT2D eigenvalue weighted by atomic mass is 10.0. The average Bonchev–Trinajstić information content (AvgIpc) is 2.92. The van der Waals surface area contributed by atoms with Gasteiger partial charge in [-0.15, -0.1) is 0 Å². The van der Waals surface area contributed by atoms with E-state index in [1.54, 1.807) is 18.0 Å². The molecule has 1 amide bonds. The summed E-state index contributed by atoms with van der Waals surface area (Å²) in [5.41, 5.74) is 8.14. The van der Waals surface area contributed by atoms with Crippen molar-refractivity contribution < 1.29 is 9.53 Å². The highest BCUT2D eigenvalue weighted by atomic mass is 35.5. The van der Waals surface area contributed by atoms with Gasteiger partial charge in [0.1, 0.15) is 5.82 Å². The summed E-state index contributed by atoms with van der Waals surface area (Å²) in [7, 11) is 1.77. The van der Waals surface area contributed by atoms with Crippen molar-refractivity contribution in [1.82, 2.24) is 14.9 Å². The van der Waals surface area contributed by atoms with Crippen LogP contribution >= 0.6 is 11.6 Å². The molecule has 1 aromatic heterocycles. The maximum atomic E-state index is 12.4. The van der Waals surface area contributed by atoms with Gasteiger partial charge < -0.3 is 20.3 Å². The summed E-state index contributed by atoms with van der Waals surface area (Å²) >= 11 is 6.61. The molecular weight excluding hydrogens is 378 g/mol. The zero-order valence-electron chi connectivity index (χ0n) is 16.5. The first-order chi connectivity index (χ1) is 13.4. The molecule has 1 saturated heterocycles. The number of nitrogen functional groups attached to an aromatic ring is 1. The Kier molecular flexibility index (Phi) is 6.36. The number of aromatic nitrogens is 2. The number of ether oxygens (including phenoxy) is 1. The fraction of sp³-hybridized carbons (Fsp3) is 0.450. The monoisotopic (exact) mass is 403 g/mol. The number of hydrogen-bond acceptors (Lipinski definition) is 6. The van der Waals surface area contributed by atoms with Gasteiger partial charge in [-0.25, -0.2) is 4.98 Å². The molecule has 2 aromatic rings. The van der Waals surface area contributed by atoms with Crippen LogP contribution < -0.4 is 10.6 Å². The quantitative estimate of drug-likeness (QED) is 0.844. The summed E-state index contributed by atoms with van der Waals surface area (Å²) in [6, 6.07) is 7.24. The molecule has 28 heavy (non-hydrogen) atoms. The van der Waals surface area contributed by atoms with Crippen LogP contribution in [0.1, 0.15) is 41.0 Å². The maximum Gasteiger partial charge on any atom is 0.253 e. The second-order valence-electron chi connectivity index (χ2n) is 6.92. The molecule has 3 rings (SSSR count). The van der Waals surface area contributed by atoms with E-state index in [9.17, 15) is 4.79 Å². The molecule has 0 saturated carbocycles. The minimum absolute atomic E-state index is 0.0517. The van der Waals surface area contributed by atoms with Crippen molar-refractivity contribution >= 4 is 29.3 Å². The van der Waals surface area contributed by atoms with Gasteiger partial charge in [0.15, 0.2) is 0 Å². The first kappa shape index (κ1) is 20.4. The first-order valence-corrected chi connectivity index (χ1v) is 9.79. The van der Waals surface area contributed by atoms with Gasteiger partial charge in [-0.3, -0.25) is 4.79 Å². The maximum absolute atomic E-state index is 12.4. The molecule has 1 aromatic carbocycles. The van der Waals surface area contributed by atoms with Crippen LogP contribution in [0.2, 0.25) is 5.02 Å². The Balaban J connectivity index is 1.97. The van der Waals surface area contributed by atoms with Gasteiger partial charge >= 0.3 is 0 Å². The van der Waals surface area contributed by atoms with E-state index in [0.29, 0.717) is 30.3 Å². The fourth-order valence-electron chi connectivity index (χ4n) is 3.33. The van der Waals surface area contributed by atoms with Crippen LogP contribution in [0.4, 0.5) is 11.8 Å². The third kappa shape index (κ3) is 4.36. The third-order valence-corrected chi connectivity index (χ3v) is 5.25. The van der Waals surface area contributed by atoms with Gasteiger partial charge in [-0.2, -0.15) is 4.98 Å². The summed E-state index contributed by atoms with van der Waals surface area (Å²) in [4.78, 5) is 24.8. The van der Waals surface area contributed by atoms with Crippen LogP contribution in [0.5, 0.6) is 0 Å². The molecule has 0 bridgehead atoms. The van der Waals surface area contributed by atoms with E-state index in [1.807, 2.05) is 32.0 Å². The Morgan fingerprint density at radius 1 is 1.39 bits per heavy atom. The molecule has 1 aliphatic rings. The lowest BCUT2D eigenvalue weighted by molar-refractivity contribution is 0.0802. The average molecular weight is 404 g/mol. The number of nitrogens with zero attached hydrogens (tertiary/aromatic N) is 4. The van der Waals surface area contributed by atoms with E-state index in [4.69, 9.17) is 22.1 Å². The number of rotatable bonds is 4. The number of halogens is 1. The number of benzene rings is 1. The molecule has 0 aliphatic carbocycles. The van der Waals surface area contributed by atoms with Gasteiger partial charge in [0.05, 0.1) is 12.6 Å². The number of carbonyl (C=O) groups is 1. The molecule has 1 fully saturated rings. The molecule has 0 unspecified atom stereocenters. The van der Waals surface area contributed by atoms with Crippen molar-refractivity contribution in [3.8, 4) is 0 Å². The highest BCUT2D eigenvalue weighted by Gasteiger charge is 2.27. The Labute approximate surface area is 170 Å². The van der Waals surface area contributed by atoms with Crippen LogP contribution in [-0.4, -0.2) is 54.1 Å². The number of carbonyl (C=O) groups excluding carboxylic acids is 1. The highest BCUT2D eigenvalue weighted by Crippen LogP contribution is 2.33. The van der Waals surface area contributed by atoms with Crippen molar-refractivity contribution in [3.05, 3.63) is 46.1 Å². The summed E-state index contributed by atoms with van der Waals surface area (Å²) in [5, 5.41) is 0.537. The molecule has 1 aliphatic heterocycles. The minimum Gasteiger partial charge on any atom is -0.379 e. The molecule has 8 heteroatoms. The first-order valence-electron chi connectivity index (χ1n) is 9.41. The molecule has 0 radical (unpaired) electrons. The van der Waals surface area contributed by atoms with Crippen molar-refractivity contribution in [3.63, 3.8) is 0 Å². The second kappa shape index (κ2) is 8.75. The van der Waals surface area contributed by atoms with Crippen LogP contribution in [-0.2, 0) is 4.74 Å². The molecule has 1 atom stereocenters. The van der Waals surface area contributed by atoms with Crippen LogP contribution in [0.25, 0.3) is 0 Å². The Morgan fingerprint density at radius 2 is 2.18 bits per heavy atom. The Morgan fingerprint density at radius 3 is 2.86 bits per heavy atom. The summed E-state index contributed by atoms with van der Waals surface area (Å²) < 4.78 is 5.81. The Bertz CT molecular complexity index is 840. The zero-order chi connectivity index (χ0) is 20.3. The largest absolute Gasteiger partial charge is 0.379 e. The summed E-state index contributed by atoms with van der Waals surface area (Å²) in [6.45, 7) is 6.37. The van der Waals surface area contributed by atoms with Crippen LogP contribution in [0.15, 0.2) is 24.3 Å². The number of amides is 1. The van der Waals surface area contributed by atoms with Gasteiger partial charge in [0.25, 0.3) is 5.91 Å². The van der Waals surface area contributed by atoms with E-state index in [-0.39, 0.29) is 17.9 Å². The van der Waals surface area contributed by atoms with E-state index >= 15 is 0 Å². The molecule has 2 heterocycles. The smallest absolute Gasteiger partial charge is 0.253 e. The second-order valence-corrected chi connectivity index (χ2v) is 7.33. The fourth-order valence-corrected chi connectivity index (χ4v) is 3.63. The van der Waals surface area contributed by atoms with Gasteiger partial charge in [0, 0.05) is 49.1 Å². The van der Waals surface area contributed by atoms with E-state index in [0.717, 1.165) is 30.0 Å². The van der Waals surface area contributed by atoms with Gasteiger partial charge in [-0.1, -0.05) is 17.7 Å². The van der Waals surface area contributed by atoms with Crippen molar-refractivity contribution in [2.24, 2.45) is 0 Å². The van der Waals surface area contributed by atoms with E-state index in [1.165, 1.54) is 0 Å².